The normalized spacial score (nSPS) is 24.5. The highest BCUT2D eigenvalue weighted by atomic mass is 15.1. The van der Waals surface area contributed by atoms with E-state index in [4.69, 9.17) is 5.73 Å². The van der Waals surface area contributed by atoms with Gasteiger partial charge in [0.15, 0.2) is 0 Å². The van der Waals surface area contributed by atoms with Crippen molar-refractivity contribution in [1.29, 1.82) is 0 Å². The van der Waals surface area contributed by atoms with Crippen molar-refractivity contribution in [3.05, 3.63) is 23.8 Å². The van der Waals surface area contributed by atoms with E-state index in [-0.39, 0.29) is 0 Å². The summed E-state index contributed by atoms with van der Waals surface area (Å²) in [6.07, 6.45) is 12.0. The fourth-order valence-electron chi connectivity index (χ4n) is 2.68. The van der Waals surface area contributed by atoms with Crippen LogP contribution in [0, 0.1) is 5.92 Å². The first-order valence-corrected chi connectivity index (χ1v) is 7.39. The second-order valence-corrected chi connectivity index (χ2v) is 5.45. The smallest absolute Gasteiger partial charge is 0.0202 e. The summed E-state index contributed by atoms with van der Waals surface area (Å²) in [5.74, 6) is 0.559. The first-order valence-electron chi connectivity index (χ1n) is 7.39. The van der Waals surface area contributed by atoms with Crippen molar-refractivity contribution < 1.29 is 0 Å². The van der Waals surface area contributed by atoms with Gasteiger partial charge in [0.25, 0.3) is 0 Å². The van der Waals surface area contributed by atoms with Gasteiger partial charge < -0.3 is 16.0 Å². The second kappa shape index (κ2) is 7.72. The summed E-state index contributed by atoms with van der Waals surface area (Å²) < 4.78 is 0. The highest BCUT2D eigenvalue weighted by Crippen LogP contribution is 2.14. The van der Waals surface area contributed by atoms with Gasteiger partial charge in [-0.3, -0.25) is 0 Å². The monoisotopic (exact) mass is 249 g/mol. The summed E-state index contributed by atoms with van der Waals surface area (Å²) in [5.41, 5.74) is 7.06. The molecule has 0 radical (unpaired) electrons. The molecule has 1 atom stereocenters. The number of rotatable bonds is 7. The molecule has 3 heteroatoms. The standard InChI is InChI=1S/C15H27N3/c16-12-14-4-6-15(7-5-14)13-17-8-3-11-18-9-1-2-10-18/h4,6-7,14,17H,1-3,5,8-13,16H2. The maximum absolute atomic E-state index is 5.65. The molecule has 18 heavy (non-hydrogen) atoms. The van der Waals surface area contributed by atoms with Crippen LogP contribution in [0.1, 0.15) is 25.7 Å². The van der Waals surface area contributed by atoms with E-state index in [1.165, 1.54) is 44.5 Å². The van der Waals surface area contributed by atoms with Crippen molar-refractivity contribution in [3.63, 3.8) is 0 Å². The van der Waals surface area contributed by atoms with Crippen molar-refractivity contribution >= 4 is 0 Å². The molecule has 0 saturated carbocycles. The Bertz CT molecular complexity index is 290. The highest BCUT2D eigenvalue weighted by Gasteiger charge is 2.10. The van der Waals surface area contributed by atoms with E-state index >= 15 is 0 Å². The predicted octanol–water partition coefficient (Wildman–Crippen LogP) is 1.52. The van der Waals surface area contributed by atoms with Crippen molar-refractivity contribution in [2.24, 2.45) is 11.7 Å². The fraction of sp³-hybridized carbons (Fsp3) is 0.733. The first-order chi connectivity index (χ1) is 8.88. The quantitative estimate of drug-likeness (QED) is 0.672. The molecule has 0 spiro atoms. The number of likely N-dealkylation sites (tertiary alicyclic amines) is 1. The Morgan fingerprint density at radius 3 is 2.83 bits per heavy atom. The number of nitrogens with one attached hydrogen (secondary N) is 1. The van der Waals surface area contributed by atoms with E-state index in [0.717, 1.165) is 26.1 Å². The summed E-state index contributed by atoms with van der Waals surface area (Å²) in [7, 11) is 0. The molecule has 0 aromatic rings. The molecule has 2 rings (SSSR count). The van der Waals surface area contributed by atoms with E-state index in [1.807, 2.05) is 0 Å². The van der Waals surface area contributed by atoms with Gasteiger partial charge in [-0.1, -0.05) is 18.2 Å². The van der Waals surface area contributed by atoms with Crippen molar-refractivity contribution in [1.82, 2.24) is 10.2 Å². The summed E-state index contributed by atoms with van der Waals surface area (Å²) in [6.45, 7) is 6.79. The van der Waals surface area contributed by atoms with Gasteiger partial charge in [0.2, 0.25) is 0 Å². The zero-order chi connectivity index (χ0) is 12.6. The van der Waals surface area contributed by atoms with Gasteiger partial charge in [-0.15, -0.1) is 0 Å². The van der Waals surface area contributed by atoms with E-state index in [0.29, 0.717) is 5.92 Å². The third kappa shape index (κ3) is 4.56. The third-order valence-corrected chi connectivity index (χ3v) is 3.92. The Kier molecular flexibility index (Phi) is 5.91. The molecule has 0 aromatic carbocycles. The Labute approximate surface area is 111 Å². The molecule has 1 unspecified atom stereocenters. The Morgan fingerprint density at radius 2 is 2.17 bits per heavy atom. The van der Waals surface area contributed by atoms with E-state index in [9.17, 15) is 0 Å². The molecule has 2 aliphatic rings. The van der Waals surface area contributed by atoms with Crippen molar-refractivity contribution in [3.8, 4) is 0 Å². The molecule has 3 nitrogen and oxygen atoms in total. The lowest BCUT2D eigenvalue weighted by Crippen LogP contribution is -2.26. The highest BCUT2D eigenvalue weighted by molar-refractivity contribution is 5.25. The van der Waals surface area contributed by atoms with Gasteiger partial charge in [-0.05, 0) is 69.9 Å². The average molecular weight is 249 g/mol. The van der Waals surface area contributed by atoms with Crippen LogP contribution in [0.2, 0.25) is 0 Å². The Hall–Kier alpha value is -0.640. The molecule has 1 aliphatic carbocycles. The predicted molar refractivity (Wildman–Crippen MR) is 77.5 cm³/mol. The molecule has 0 aromatic heterocycles. The lowest BCUT2D eigenvalue weighted by molar-refractivity contribution is 0.332. The van der Waals surface area contributed by atoms with Gasteiger partial charge in [-0.2, -0.15) is 0 Å². The summed E-state index contributed by atoms with van der Waals surface area (Å²) in [4.78, 5) is 2.58. The minimum Gasteiger partial charge on any atom is -0.330 e. The largest absolute Gasteiger partial charge is 0.330 e. The lowest BCUT2D eigenvalue weighted by Gasteiger charge is -2.16. The lowest BCUT2D eigenvalue weighted by atomic mass is 9.97. The van der Waals surface area contributed by atoms with Crippen LogP contribution in [0.15, 0.2) is 23.8 Å². The molecular weight excluding hydrogens is 222 g/mol. The van der Waals surface area contributed by atoms with Crippen molar-refractivity contribution in [2.45, 2.75) is 25.7 Å². The molecule has 1 heterocycles. The number of allylic oxidation sites excluding steroid dienone is 1. The molecule has 1 fully saturated rings. The van der Waals surface area contributed by atoms with Crippen LogP contribution in [0.4, 0.5) is 0 Å². The molecule has 1 saturated heterocycles. The zero-order valence-electron chi connectivity index (χ0n) is 11.4. The van der Waals surface area contributed by atoms with Crippen molar-refractivity contribution in [2.75, 3.05) is 39.3 Å². The van der Waals surface area contributed by atoms with Crippen LogP contribution < -0.4 is 11.1 Å². The van der Waals surface area contributed by atoms with Crippen LogP contribution in [-0.2, 0) is 0 Å². The minimum atomic E-state index is 0.559. The maximum atomic E-state index is 5.65. The number of hydrogen-bond acceptors (Lipinski definition) is 3. The van der Waals surface area contributed by atoms with Gasteiger partial charge in [0.1, 0.15) is 0 Å². The molecule has 0 bridgehead atoms. The number of hydrogen-bond donors (Lipinski definition) is 2. The second-order valence-electron chi connectivity index (χ2n) is 5.45. The van der Waals surface area contributed by atoms with E-state index < -0.39 is 0 Å². The van der Waals surface area contributed by atoms with E-state index in [2.05, 4.69) is 28.4 Å². The van der Waals surface area contributed by atoms with Gasteiger partial charge in [-0.25, -0.2) is 0 Å². The van der Waals surface area contributed by atoms with Gasteiger partial charge in [0.05, 0.1) is 0 Å². The maximum Gasteiger partial charge on any atom is 0.0202 e. The molecular formula is C15H27N3. The van der Waals surface area contributed by atoms with Crippen LogP contribution in [0.3, 0.4) is 0 Å². The zero-order valence-corrected chi connectivity index (χ0v) is 11.4. The summed E-state index contributed by atoms with van der Waals surface area (Å²) in [5, 5.41) is 3.53. The Balaban J connectivity index is 1.51. The van der Waals surface area contributed by atoms with Crippen LogP contribution in [0.25, 0.3) is 0 Å². The third-order valence-electron chi connectivity index (χ3n) is 3.92. The topological polar surface area (TPSA) is 41.3 Å². The van der Waals surface area contributed by atoms with Gasteiger partial charge >= 0.3 is 0 Å². The van der Waals surface area contributed by atoms with Crippen LogP contribution >= 0.6 is 0 Å². The average Bonchev–Trinajstić information content (AvgIpc) is 2.92. The molecule has 1 aliphatic heterocycles. The van der Waals surface area contributed by atoms with Crippen LogP contribution in [-0.4, -0.2) is 44.2 Å². The molecule has 102 valence electrons. The number of nitrogens with two attached hydrogens (primary N) is 1. The molecule has 3 N–H and O–H groups in total. The fourth-order valence-corrected chi connectivity index (χ4v) is 2.68. The van der Waals surface area contributed by atoms with E-state index in [1.54, 1.807) is 0 Å². The first kappa shape index (κ1) is 13.8. The molecule has 0 amide bonds. The van der Waals surface area contributed by atoms with Gasteiger partial charge in [0, 0.05) is 6.54 Å². The summed E-state index contributed by atoms with van der Waals surface area (Å²) >= 11 is 0. The van der Waals surface area contributed by atoms with Crippen LogP contribution in [0.5, 0.6) is 0 Å². The number of nitrogens with zero attached hydrogens (tertiary/aromatic N) is 1. The minimum absolute atomic E-state index is 0.559. The summed E-state index contributed by atoms with van der Waals surface area (Å²) in [6, 6.07) is 0. The Morgan fingerprint density at radius 1 is 1.33 bits per heavy atom. The SMILES string of the molecule is NCC1C=CC(CNCCCN2CCCC2)=CC1.